The van der Waals surface area contributed by atoms with Gasteiger partial charge in [0.05, 0.1) is 54.5 Å². The van der Waals surface area contributed by atoms with Crippen LogP contribution in [0.5, 0.6) is 11.5 Å². The number of hydrogen-bond donors (Lipinski definition) is 1. The van der Waals surface area contributed by atoms with Crippen LogP contribution < -0.4 is 9.47 Å². The molecule has 4 aromatic rings. The Labute approximate surface area is 272 Å². The second kappa shape index (κ2) is 16.1. The summed E-state index contributed by atoms with van der Waals surface area (Å²) in [5.74, 6) is -0.344. The summed E-state index contributed by atoms with van der Waals surface area (Å²) in [6.45, 7) is 3.41. The summed E-state index contributed by atoms with van der Waals surface area (Å²) < 4.78 is 22.6. The normalized spacial score (nSPS) is 12.2. The molecule has 2 aromatic carbocycles. The Bertz CT molecular complexity index is 1660. The van der Waals surface area contributed by atoms with Crippen molar-refractivity contribution in [2.75, 3.05) is 35.0 Å². The third-order valence-electron chi connectivity index (χ3n) is 6.83. The van der Waals surface area contributed by atoms with Crippen LogP contribution in [0.1, 0.15) is 51.6 Å². The van der Waals surface area contributed by atoms with Crippen molar-refractivity contribution in [3.63, 3.8) is 0 Å². The zero-order chi connectivity index (χ0) is 32.6. The number of benzene rings is 2. The Morgan fingerprint density at radius 2 is 1.18 bits per heavy atom. The van der Waals surface area contributed by atoms with Gasteiger partial charge in [0, 0.05) is 28.8 Å². The molecule has 9 nitrogen and oxygen atoms in total. The molecule has 0 fully saturated rings. The molecule has 0 saturated carbocycles. The van der Waals surface area contributed by atoms with Crippen LogP contribution in [0.2, 0.25) is 0 Å². The second-order valence-electron chi connectivity index (χ2n) is 10.0. The molecule has 0 saturated heterocycles. The van der Waals surface area contributed by atoms with Gasteiger partial charge in [0.15, 0.2) is 11.6 Å². The van der Waals surface area contributed by atoms with Crippen LogP contribution >= 0.6 is 38.6 Å². The number of carbonyl (C=O) groups excluding carboxylic acids is 4. The van der Waals surface area contributed by atoms with Gasteiger partial charge in [-0.1, -0.05) is 13.8 Å². The van der Waals surface area contributed by atoms with Crippen molar-refractivity contribution < 1.29 is 43.2 Å². The Hall–Kier alpha value is -3.32. The van der Waals surface area contributed by atoms with E-state index >= 15 is 0 Å². The lowest BCUT2D eigenvalue weighted by molar-refractivity contribution is -0.145. The smallest absolute Gasteiger partial charge is 0.308 e. The highest BCUT2D eigenvalue weighted by atomic mass is 79.9. The van der Waals surface area contributed by atoms with Crippen LogP contribution in [0, 0.1) is 11.8 Å². The van der Waals surface area contributed by atoms with E-state index < -0.39 is 11.8 Å². The molecule has 0 unspecified atom stereocenters. The standard InChI is InChI=1S/C17H20O5S.C15H15BrO4S/c1-10(17(20)22-3)6-13(19)16-8-12-7-11(4-5-18)14(21-2)9-15(12)23-16;1-8(15(18)20-3)4-11(17)14-6-9-5-10(16)12(19-2)7-13(9)21-14/h7-10,18H,4-6H2,1-3H3;5-8H,4H2,1-3H3/t10-;8-/m00/s1. The summed E-state index contributed by atoms with van der Waals surface area (Å²) in [6, 6.07) is 11.3. The molecule has 0 radical (unpaired) electrons. The molecule has 0 spiro atoms. The first-order valence-electron chi connectivity index (χ1n) is 13.7. The molecule has 44 heavy (non-hydrogen) atoms. The molecule has 12 heteroatoms. The number of Topliss-reactive ketones (excluding diaryl/α,β-unsaturated/α-hetero) is 2. The Morgan fingerprint density at radius 1 is 0.727 bits per heavy atom. The van der Waals surface area contributed by atoms with Crippen LogP contribution in [0.3, 0.4) is 0 Å². The maximum atomic E-state index is 12.3. The van der Waals surface area contributed by atoms with Gasteiger partial charge in [-0.25, -0.2) is 0 Å². The zero-order valence-corrected chi connectivity index (χ0v) is 28.6. The molecule has 0 aliphatic rings. The third kappa shape index (κ3) is 8.65. The quantitative estimate of drug-likeness (QED) is 0.124. The van der Waals surface area contributed by atoms with Crippen LogP contribution in [0.15, 0.2) is 40.9 Å². The number of esters is 2. The molecular formula is C32H35BrO9S2. The maximum Gasteiger partial charge on any atom is 0.308 e. The fraction of sp³-hybridized carbons (Fsp3) is 0.375. The molecule has 0 bridgehead atoms. The molecule has 0 amide bonds. The Kier molecular flexibility index (Phi) is 12.9. The molecule has 236 valence electrons. The van der Waals surface area contributed by atoms with Gasteiger partial charge in [-0.15, -0.1) is 22.7 Å². The van der Waals surface area contributed by atoms with E-state index in [1.807, 2.05) is 36.4 Å². The van der Waals surface area contributed by atoms with Gasteiger partial charge < -0.3 is 24.1 Å². The first-order chi connectivity index (χ1) is 20.9. The van der Waals surface area contributed by atoms with E-state index in [-0.39, 0.29) is 43.0 Å². The minimum Gasteiger partial charge on any atom is -0.496 e. The third-order valence-corrected chi connectivity index (χ3v) is 9.73. The zero-order valence-electron chi connectivity index (χ0n) is 25.4. The number of halogens is 1. The summed E-state index contributed by atoms with van der Waals surface area (Å²) in [6.07, 6.45) is 0.773. The van der Waals surface area contributed by atoms with Gasteiger partial charge in [0.1, 0.15) is 11.5 Å². The van der Waals surface area contributed by atoms with Crippen molar-refractivity contribution in [3.05, 3.63) is 56.2 Å². The van der Waals surface area contributed by atoms with Crippen LogP contribution in [-0.2, 0) is 25.5 Å². The van der Waals surface area contributed by atoms with Gasteiger partial charge in [-0.3, -0.25) is 19.2 Å². The molecule has 2 atom stereocenters. The molecule has 1 N–H and O–H groups in total. The number of fused-ring (bicyclic) bond motifs is 2. The van der Waals surface area contributed by atoms with Gasteiger partial charge in [0.2, 0.25) is 0 Å². The SMILES string of the molecule is COC(=O)[C@@H](C)CC(=O)c1cc2cc(Br)c(OC)cc2s1.COC(=O)[C@@H](C)CC(=O)c1cc2cc(CCO)c(OC)cc2s1. The number of ketones is 2. The number of rotatable bonds is 12. The van der Waals surface area contributed by atoms with Crippen molar-refractivity contribution >= 4 is 82.3 Å². The maximum absolute atomic E-state index is 12.3. The number of methoxy groups -OCH3 is 4. The van der Waals surface area contributed by atoms with Gasteiger partial charge in [0.25, 0.3) is 0 Å². The van der Waals surface area contributed by atoms with Crippen molar-refractivity contribution in [1.82, 2.24) is 0 Å². The van der Waals surface area contributed by atoms with E-state index in [1.54, 1.807) is 28.1 Å². The monoisotopic (exact) mass is 706 g/mol. The average molecular weight is 708 g/mol. The Balaban J connectivity index is 0.000000241. The average Bonchev–Trinajstić information content (AvgIpc) is 3.63. The van der Waals surface area contributed by atoms with Crippen molar-refractivity contribution in [2.45, 2.75) is 33.1 Å². The fourth-order valence-corrected chi connectivity index (χ4v) is 6.99. The van der Waals surface area contributed by atoms with Crippen LogP contribution in [0.25, 0.3) is 20.2 Å². The van der Waals surface area contributed by atoms with E-state index in [1.165, 1.54) is 36.9 Å². The highest BCUT2D eigenvalue weighted by Crippen LogP contribution is 2.36. The Morgan fingerprint density at radius 3 is 1.61 bits per heavy atom. The summed E-state index contributed by atoms with van der Waals surface area (Å²) in [5.41, 5.74) is 0.905. The largest absolute Gasteiger partial charge is 0.496 e. The summed E-state index contributed by atoms with van der Waals surface area (Å²) in [5, 5.41) is 11.0. The fourth-order valence-electron chi connectivity index (χ4n) is 4.42. The summed E-state index contributed by atoms with van der Waals surface area (Å²) >= 11 is 6.21. The predicted molar refractivity (Wildman–Crippen MR) is 175 cm³/mol. The number of carbonyl (C=O) groups is 4. The molecule has 2 heterocycles. The van der Waals surface area contributed by atoms with E-state index in [0.717, 1.165) is 36.0 Å². The van der Waals surface area contributed by atoms with Crippen LogP contribution in [0.4, 0.5) is 0 Å². The lowest BCUT2D eigenvalue weighted by Gasteiger charge is -2.07. The minimum absolute atomic E-state index is 0.0361. The van der Waals surface area contributed by atoms with E-state index in [4.69, 9.17) is 14.6 Å². The van der Waals surface area contributed by atoms with Crippen molar-refractivity contribution in [1.29, 1.82) is 0 Å². The number of hydrogen-bond acceptors (Lipinski definition) is 11. The van der Waals surface area contributed by atoms with Crippen molar-refractivity contribution in [2.24, 2.45) is 11.8 Å². The van der Waals surface area contributed by atoms with Gasteiger partial charge in [-0.05, 0) is 75.1 Å². The van der Waals surface area contributed by atoms with Gasteiger partial charge in [-0.2, -0.15) is 0 Å². The first-order valence-corrected chi connectivity index (χ1v) is 16.1. The topological polar surface area (TPSA) is 125 Å². The highest BCUT2D eigenvalue weighted by Gasteiger charge is 2.22. The first kappa shape index (κ1) is 35.2. The predicted octanol–water partition coefficient (Wildman–Crippen LogP) is 6.88. The molecular weight excluding hydrogens is 672 g/mol. The van der Waals surface area contributed by atoms with Crippen molar-refractivity contribution in [3.8, 4) is 11.5 Å². The molecule has 2 aromatic heterocycles. The number of ether oxygens (including phenoxy) is 4. The van der Waals surface area contributed by atoms with Crippen LogP contribution in [-0.4, -0.2) is 63.7 Å². The van der Waals surface area contributed by atoms with E-state index in [2.05, 4.69) is 25.4 Å². The lowest BCUT2D eigenvalue weighted by Crippen LogP contribution is -2.16. The number of aliphatic hydroxyl groups excluding tert-OH is 1. The van der Waals surface area contributed by atoms with E-state index in [9.17, 15) is 19.2 Å². The minimum atomic E-state index is -0.461. The van der Waals surface area contributed by atoms with Gasteiger partial charge >= 0.3 is 11.9 Å². The highest BCUT2D eigenvalue weighted by molar-refractivity contribution is 9.10. The number of thiophene rings is 2. The molecule has 0 aliphatic carbocycles. The molecule has 4 rings (SSSR count). The number of aliphatic hydroxyl groups is 1. The summed E-state index contributed by atoms with van der Waals surface area (Å²) in [7, 11) is 5.83. The summed E-state index contributed by atoms with van der Waals surface area (Å²) in [4.78, 5) is 48.7. The van der Waals surface area contributed by atoms with E-state index in [0.29, 0.717) is 21.9 Å². The second-order valence-corrected chi connectivity index (χ2v) is 13.0. The lowest BCUT2D eigenvalue weighted by atomic mass is 10.0. The molecule has 0 aliphatic heterocycles.